The van der Waals surface area contributed by atoms with Crippen LogP contribution in [0.5, 0.6) is 0 Å². The summed E-state index contributed by atoms with van der Waals surface area (Å²) in [6.07, 6.45) is 2.62. The van der Waals surface area contributed by atoms with Gasteiger partial charge >= 0.3 is 0 Å². The van der Waals surface area contributed by atoms with Gasteiger partial charge in [-0.1, -0.05) is 26.0 Å². The molecule has 3 heteroatoms. The van der Waals surface area contributed by atoms with Gasteiger partial charge in [-0.3, -0.25) is 0 Å². The quantitative estimate of drug-likeness (QED) is 0.839. The standard InChI is InChI=1S/C14H20INO/c1-10(2)14-9-11(7-8-17-14)16-13-6-4-3-5-12(13)15/h3-6,10-11,14,16H,7-9H2,1-2H3. The highest BCUT2D eigenvalue weighted by Crippen LogP contribution is 2.25. The summed E-state index contributed by atoms with van der Waals surface area (Å²) in [6.45, 7) is 5.35. The predicted octanol–water partition coefficient (Wildman–Crippen LogP) is 3.91. The van der Waals surface area contributed by atoms with E-state index in [9.17, 15) is 0 Å². The molecule has 0 aliphatic carbocycles. The van der Waals surface area contributed by atoms with Gasteiger partial charge in [0.1, 0.15) is 0 Å². The summed E-state index contributed by atoms with van der Waals surface area (Å²) in [5.74, 6) is 0.606. The Labute approximate surface area is 117 Å². The molecule has 17 heavy (non-hydrogen) atoms. The average molecular weight is 345 g/mol. The fourth-order valence-corrected chi connectivity index (χ4v) is 2.76. The molecule has 0 saturated carbocycles. The van der Waals surface area contributed by atoms with Gasteiger partial charge in [-0.15, -0.1) is 0 Å². The fourth-order valence-electron chi connectivity index (χ4n) is 2.22. The van der Waals surface area contributed by atoms with Crippen LogP contribution in [0.15, 0.2) is 24.3 Å². The van der Waals surface area contributed by atoms with E-state index in [0.29, 0.717) is 18.1 Å². The Balaban J connectivity index is 1.97. The molecule has 2 unspecified atom stereocenters. The minimum Gasteiger partial charge on any atom is -0.381 e. The lowest BCUT2D eigenvalue weighted by Crippen LogP contribution is -2.36. The van der Waals surface area contributed by atoms with Crippen LogP contribution in [0.2, 0.25) is 0 Å². The van der Waals surface area contributed by atoms with Crippen molar-refractivity contribution < 1.29 is 4.74 Å². The van der Waals surface area contributed by atoms with Crippen LogP contribution in [0.25, 0.3) is 0 Å². The maximum atomic E-state index is 5.80. The van der Waals surface area contributed by atoms with E-state index in [-0.39, 0.29) is 0 Å². The molecule has 1 heterocycles. The Bertz CT molecular complexity index is 367. The largest absolute Gasteiger partial charge is 0.381 e. The molecule has 2 atom stereocenters. The van der Waals surface area contributed by atoms with E-state index in [1.165, 1.54) is 9.26 Å². The normalized spacial score (nSPS) is 24.9. The Kier molecular flexibility index (Phi) is 4.68. The minimum atomic E-state index is 0.405. The van der Waals surface area contributed by atoms with Crippen molar-refractivity contribution in [1.29, 1.82) is 0 Å². The molecule has 2 nitrogen and oxygen atoms in total. The van der Waals surface area contributed by atoms with Crippen LogP contribution in [0.3, 0.4) is 0 Å². The van der Waals surface area contributed by atoms with Gasteiger partial charge in [-0.2, -0.15) is 0 Å². The van der Waals surface area contributed by atoms with Gasteiger partial charge in [0, 0.05) is 21.9 Å². The van der Waals surface area contributed by atoms with Crippen molar-refractivity contribution >= 4 is 28.3 Å². The molecule has 0 bridgehead atoms. The van der Waals surface area contributed by atoms with Gasteiger partial charge in [-0.05, 0) is 53.5 Å². The first-order valence-corrected chi connectivity index (χ1v) is 7.37. The number of hydrogen-bond donors (Lipinski definition) is 1. The van der Waals surface area contributed by atoms with Crippen molar-refractivity contribution in [1.82, 2.24) is 0 Å². The number of hydrogen-bond acceptors (Lipinski definition) is 2. The second kappa shape index (κ2) is 6.05. The molecule has 0 aromatic heterocycles. The van der Waals surface area contributed by atoms with Gasteiger partial charge in [0.25, 0.3) is 0 Å². The predicted molar refractivity (Wildman–Crippen MR) is 80.4 cm³/mol. The summed E-state index contributed by atoms with van der Waals surface area (Å²) < 4.78 is 7.09. The van der Waals surface area contributed by atoms with Crippen LogP contribution in [0.4, 0.5) is 5.69 Å². The van der Waals surface area contributed by atoms with E-state index in [2.05, 4.69) is 66.0 Å². The number of para-hydroxylation sites is 1. The molecular formula is C14H20INO. The number of nitrogens with one attached hydrogen (secondary N) is 1. The number of rotatable bonds is 3. The first kappa shape index (κ1) is 13.1. The molecule has 0 radical (unpaired) electrons. The molecule has 1 aromatic carbocycles. The molecule has 1 N–H and O–H groups in total. The van der Waals surface area contributed by atoms with Gasteiger partial charge in [0.2, 0.25) is 0 Å². The maximum absolute atomic E-state index is 5.80. The second-order valence-corrected chi connectivity index (χ2v) is 6.16. The summed E-state index contributed by atoms with van der Waals surface area (Å²) in [5.41, 5.74) is 1.25. The van der Waals surface area contributed by atoms with Crippen molar-refractivity contribution in [2.75, 3.05) is 11.9 Å². The SMILES string of the molecule is CC(C)C1CC(Nc2ccccc2I)CCO1. The van der Waals surface area contributed by atoms with E-state index in [4.69, 9.17) is 4.74 Å². The van der Waals surface area contributed by atoms with Crippen molar-refractivity contribution in [2.45, 2.75) is 38.8 Å². The molecule has 1 aliphatic rings. The first-order chi connectivity index (χ1) is 8.16. The summed E-state index contributed by atoms with van der Waals surface area (Å²) >= 11 is 2.38. The molecule has 0 amide bonds. The Morgan fingerprint density at radius 1 is 1.35 bits per heavy atom. The van der Waals surface area contributed by atoms with E-state index in [1.54, 1.807) is 0 Å². The van der Waals surface area contributed by atoms with Crippen LogP contribution in [-0.2, 0) is 4.74 Å². The molecule has 1 saturated heterocycles. The molecule has 1 aliphatic heterocycles. The molecule has 2 rings (SSSR count). The average Bonchev–Trinajstić information content (AvgIpc) is 2.32. The van der Waals surface area contributed by atoms with E-state index < -0.39 is 0 Å². The Morgan fingerprint density at radius 3 is 2.82 bits per heavy atom. The molecule has 1 fully saturated rings. The smallest absolute Gasteiger partial charge is 0.0617 e. The summed E-state index contributed by atoms with van der Waals surface area (Å²) in [5, 5.41) is 3.65. The highest BCUT2D eigenvalue weighted by atomic mass is 127. The van der Waals surface area contributed by atoms with Crippen LogP contribution in [-0.4, -0.2) is 18.8 Å². The van der Waals surface area contributed by atoms with Gasteiger partial charge in [0.15, 0.2) is 0 Å². The molecular weight excluding hydrogens is 325 g/mol. The third-order valence-corrected chi connectivity index (χ3v) is 4.23. The van der Waals surface area contributed by atoms with Crippen LogP contribution >= 0.6 is 22.6 Å². The van der Waals surface area contributed by atoms with Gasteiger partial charge in [-0.25, -0.2) is 0 Å². The zero-order valence-electron chi connectivity index (χ0n) is 10.4. The summed E-state index contributed by atoms with van der Waals surface area (Å²) in [4.78, 5) is 0. The lowest BCUT2D eigenvalue weighted by Gasteiger charge is -2.33. The Morgan fingerprint density at radius 2 is 2.12 bits per heavy atom. The highest BCUT2D eigenvalue weighted by molar-refractivity contribution is 14.1. The number of benzene rings is 1. The van der Waals surface area contributed by atoms with Crippen LogP contribution in [0, 0.1) is 9.49 Å². The topological polar surface area (TPSA) is 21.3 Å². The van der Waals surface area contributed by atoms with Gasteiger partial charge < -0.3 is 10.1 Å². The summed E-state index contributed by atoms with van der Waals surface area (Å²) in [7, 11) is 0. The van der Waals surface area contributed by atoms with Crippen molar-refractivity contribution in [3.8, 4) is 0 Å². The zero-order chi connectivity index (χ0) is 12.3. The zero-order valence-corrected chi connectivity index (χ0v) is 12.6. The number of anilines is 1. The number of ether oxygens (including phenoxy) is 1. The minimum absolute atomic E-state index is 0.405. The van der Waals surface area contributed by atoms with Crippen molar-refractivity contribution in [3.05, 3.63) is 27.8 Å². The second-order valence-electron chi connectivity index (χ2n) is 5.00. The van der Waals surface area contributed by atoms with E-state index >= 15 is 0 Å². The van der Waals surface area contributed by atoms with E-state index in [1.807, 2.05) is 0 Å². The van der Waals surface area contributed by atoms with E-state index in [0.717, 1.165) is 19.4 Å². The third-order valence-electron chi connectivity index (χ3n) is 3.29. The third kappa shape index (κ3) is 3.58. The first-order valence-electron chi connectivity index (χ1n) is 6.29. The lowest BCUT2D eigenvalue weighted by molar-refractivity contribution is -0.0160. The highest BCUT2D eigenvalue weighted by Gasteiger charge is 2.24. The maximum Gasteiger partial charge on any atom is 0.0617 e. The summed E-state index contributed by atoms with van der Waals surface area (Å²) in [6, 6.07) is 9.01. The van der Waals surface area contributed by atoms with Crippen molar-refractivity contribution in [2.24, 2.45) is 5.92 Å². The molecule has 94 valence electrons. The monoisotopic (exact) mass is 345 g/mol. The van der Waals surface area contributed by atoms with Crippen LogP contribution < -0.4 is 5.32 Å². The fraction of sp³-hybridized carbons (Fsp3) is 0.571. The van der Waals surface area contributed by atoms with Gasteiger partial charge in [0.05, 0.1) is 6.10 Å². The molecule has 1 aromatic rings. The number of halogens is 1. The van der Waals surface area contributed by atoms with Crippen LogP contribution in [0.1, 0.15) is 26.7 Å². The molecule has 0 spiro atoms. The Hall–Kier alpha value is -0.290. The lowest BCUT2D eigenvalue weighted by atomic mass is 9.95. The van der Waals surface area contributed by atoms with Crippen molar-refractivity contribution in [3.63, 3.8) is 0 Å².